The molecule has 2 aromatic carbocycles. The molecule has 0 heterocycles. The van der Waals surface area contributed by atoms with E-state index in [2.05, 4.69) is 5.32 Å². The van der Waals surface area contributed by atoms with Gasteiger partial charge in [0.05, 0.1) is 5.56 Å². The van der Waals surface area contributed by atoms with Crippen molar-refractivity contribution >= 4 is 18.3 Å². The Labute approximate surface area is 142 Å². The van der Waals surface area contributed by atoms with E-state index >= 15 is 0 Å². The average Bonchev–Trinajstić information content (AvgIpc) is 2.52. The minimum atomic E-state index is -0.505. The molecule has 0 radical (unpaired) electrons. The van der Waals surface area contributed by atoms with Crippen LogP contribution in [0.15, 0.2) is 42.5 Å². The van der Waals surface area contributed by atoms with Crippen LogP contribution in [-0.4, -0.2) is 19.0 Å². The van der Waals surface area contributed by atoms with Crippen LogP contribution < -0.4 is 11.1 Å². The summed E-state index contributed by atoms with van der Waals surface area (Å²) in [4.78, 5) is 11.9. The number of benzene rings is 2. The maximum absolute atomic E-state index is 14.2. The summed E-state index contributed by atoms with van der Waals surface area (Å²) in [6, 6.07) is 12.5. The fourth-order valence-corrected chi connectivity index (χ4v) is 2.19. The van der Waals surface area contributed by atoms with Gasteiger partial charge in [-0.2, -0.15) is 0 Å². The quantitative estimate of drug-likeness (QED) is 0.790. The molecule has 0 spiro atoms. The van der Waals surface area contributed by atoms with Gasteiger partial charge in [-0.1, -0.05) is 35.9 Å². The van der Waals surface area contributed by atoms with Gasteiger partial charge in [-0.3, -0.25) is 4.79 Å². The second kappa shape index (κ2) is 9.28. The number of unbranched alkanes of at least 4 members (excludes halogenated alkanes) is 1. The molecule has 0 unspecified atom stereocenters. The van der Waals surface area contributed by atoms with Gasteiger partial charge in [-0.05, 0) is 49.6 Å². The molecule has 0 bridgehead atoms. The number of hydrogen-bond donors (Lipinski definition) is 2. The molecule has 5 heteroatoms. The highest BCUT2D eigenvalue weighted by molar-refractivity contribution is 5.95. The Morgan fingerprint density at radius 2 is 1.74 bits per heavy atom. The molecule has 3 nitrogen and oxygen atoms in total. The minimum Gasteiger partial charge on any atom is -0.352 e. The van der Waals surface area contributed by atoms with Gasteiger partial charge >= 0.3 is 0 Å². The van der Waals surface area contributed by atoms with Gasteiger partial charge < -0.3 is 11.1 Å². The Morgan fingerprint density at radius 3 is 2.35 bits per heavy atom. The van der Waals surface area contributed by atoms with Crippen molar-refractivity contribution in [3.8, 4) is 11.1 Å². The number of carbonyl (C=O) groups excluding carboxylic acids is 1. The van der Waals surface area contributed by atoms with Crippen LogP contribution in [0, 0.1) is 12.7 Å². The van der Waals surface area contributed by atoms with E-state index in [9.17, 15) is 9.18 Å². The van der Waals surface area contributed by atoms with Crippen molar-refractivity contribution in [2.24, 2.45) is 5.73 Å². The van der Waals surface area contributed by atoms with Gasteiger partial charge in [0.15, 0.2) is 0 Å². The van der Waals surface area contributed by atoms with Crippen LogP contribution in [0.3, 0.4) is 0 Å². The SMILES string of the molecule is Cc1ccc(-c2ccc(C(=O)NCCCCN)c(F)c2)cc1.Cl. The van der Waals surface area contributed by atoms with E-state index in [0.29, 0.717) is 13.1 Å². The zero-order valence-electron chi connectivity index (χ0n) is 13.1. The van der Waals surface area contributed by atoms with Crippen LogP contribution >= 0.6 is 12.4 Å². The molecule has 23 heavy (non-hydrogen) atoms. The maximum atomic E-state index is 14.2. The van der Waals surface area contributed by atoms with Crippen molar-refractivity contribution < 1.29 is 9.18 Å². The number of carbonyl (C=O) groups is 1. The average molecular weight is 337 g/mol. The second-order valence-corrected chi connectivity index (χ2v) is 5.31. The third-order valence-electron chi connectivity index (χ3n) is 3.52. The molecule has 0 aliphatic rings. The molecule has 0 atom stereocenters. The molecule has 2 aromatic rings. The van der Waals surface area contributed by atoms with E-state index in [1.54, 1.807) is 6.07 Å². The summed E-state index contributed by atoms with van der Waals surface area (Å²) in [7, 11) is 0. The highest BCUT2D eigenvalue weighted by Crippen LogP contribution is 2.22. The van der Waals surface area contributed by atoms with Crippen molar-refractivity contribution in [2.75, 3.05) is 13.1 Å². The van der Waals surface area contributed by atoms with Crippen LogP contribution in [0.4, 0.5) is 4.39 Å². The molecular weight excluding hydrogens is 315 g/mol. The first-order valence-electron chi connectivity index (χ1n) is 7.46. The summed E-state index contributed by atoms with van der Waals surface area (Å²) in [5.41, 5.74) is 8.30. The third-order valence-corrected chi connectivity index (χ3v) is 3.52. The van der Waals surface area contributed by atoms with Crippen molar-refractivity contribution in [1.29, 1.82) is 0 Å². The van der Waals surface area contributed by atoms with Crippen LogP contribution in [0.2, 0.25) is 0 Å². The zero-order chi connectivity index (χ0) is 15.9. The molecule has 1 amide bonds. The Hall–Kier alpha value is -1.91. The smallest absolute Gasteiger partial charge is 0.254 e. The van der Waals surface area contributed by atoms with Gasteiger partial charge in [-0.15, -0.1) is 12.4 Å². The Balaban J connectivity index is 0.00000264. The fourth-order valence-electron chi connectivity index (χ4n) is 2.19. The monoisotopic (exact) mass is 336 g/mol. The van der Waals surface area contributed by atoms with Crippen molar-refractivity contribution in [3.05, 3.63) is 59.4 Å². The Bertz CT molecular complexity index is 644. The number of halogens is 2. The second-order valence-electron chi connectivity index (χ2n) is 5.31. The number of hydrogen-bond acceptors (Lipinski definition) is 2. The largest absolute Gasteiger partial charge is 0.352 e. The van der Waals surface area contributed by atoms with E-state index in [1.807, 2.05) is 31.2 Å². The normalized spacial score (nSPS) is 10.0. The molecule has 0 aliphatic carbocycles. The molecule has 124 valence electrons. The van der Waals surface area contributed by atoms with Gasteiger partial charge in [0.2, 0.25) is 0 Å². The number of amides is 1. The molecule has 0 aliphatic heterocycles. The van der Waals surface area contributed by atoms with Crippen molar-refractivity contribution in [2.45, 2.75) is 19.8 Å². The molecule has 2 rings (SSSR count). The minimum absolute atomic E-state index is 0. The van der Waals surface area contributed by atoms with Crippen LogP contribution in [-0.2, 0) is 0 Å². The van der Waals surface area contributed by atoms with Crippen molar-refractivity contribution in [1.82, 2.24) is 5.32 Å². The third kappa shape index (κ3) is 5.34. The van der Waals surface area contributed by atoms with E-state index < -0.39 is 5.82 Å². The van der Waals surface area contributed by atoms with E-state index in [-0.39, 0.29) is 23.9 Å². The number of aryl methyl sites for hydroxylation is 1. The summed E-state index contributed by atoms with van der Waals surface area (Å²) >= 11 is 0. The first kappa shape index (κ1) is 19.1. The Morgan fingerprint density at radius 1 is 1.09 bits per heavy atom. The van der Waals surface area contributed by atoms with Crippen molar-refractivity contribution in [3.63, 3.8) is 0 Å². The molecule has 0 aromatic heterocycles. The molecule has 3 N–H and O–H groups in total. The van der Waals surface area contributed by atoms with Gasteiger partial charge in [0.25, 0.3) is 5.91 Å². The highest BCUT2D eigenvalue weighted by atomic mass is 35.5. The number of nitrogens with two attached hydrogens (primary N) is 1. The van der Waals surface area contributed by atoms with Crippen LogP contribution in [0.25, 0.3) is 11.1 Å². The predicted octanol–water partition coefficient (Wildman–Crippen LogP) is 3.69. The van der Waals surface area contributed by atoms with E-state index in [1.165, 1.54) is 12.1 Å². The first-order valence-corrected chi connectivity index (χ1v) is 7.46. The van der Waals surface area contributed by atoms with Gasteiger partial charge in [-0.25, -0.2) is 4.39 Å². The highest BCUT2D eigenvalue weighted by Gasteiger charge is 2.12. The number of rotatable bonds is 6. The summed E-state index contributed by atoms with van der Waals surface area (Å²) in [6.07, 6.45) is 1.64. The summed E-state index contributed by atoms with van der Waals surface area (Å²) in [5.74, 6) is -0.889. The molecular formula is C18H22ClFN2O. The maximum Gasteiger partial charge on any atom is 0.254 e. The fraction of sp³-hybridized carbons (Fsp3) is 0.278. The molecule has 0 saturated heterocycles. The standard InChI is InChI=1S/C18H21FN2O.ClH/c1-13-4-6-14(7-5-13)15-8-9-16(17(19)12-15)18(22)21-11-3-2-10-20;/h4-9,12H,2-3,10-11,20H2,1H3,(H,21,22);1H. The summed E-state index contributed by atoms with van der Waals surface area (Å²) < 4.78 is 14.2. The molecule has 0 saturated carbocycles. The number of nitrogens with one attached hydrogen (secondary N) is 1. The predicted molar refractivity (Wildman–Crippen MR) is 94.4 cm³/mol. The van der Waals surface area contributed by atoms with E-state index in [4.69, 9.17) is 5.73 Å². The lowest BCUT2D eigenvalue weighted by atomic mass is 10.0. The van der Waals surface area contributed by atoms with Gasteiger partial charge in [0, 0.05) is 6.54 Å². The molecule has 0 fully saturated rings. The van der Waals surface area contributed by atoms with Crippen LogP contribution in [0.5, 0.6) is 0 Å². The lowest BCUT2D eigenvalue weighted by molar-refractivity contribution is 0.0949. The summed E-state index contributed by atoms with van der Waals surface area (Å²) in [5, 5.41) is 2.71. The lowest BCUT2D eigenvalue weighted by Crippen LogP contribution is -2.25. The Kier molecular flexibility index (Phi) is 7.72. The topological polar surface area (TPSA) is 55.1 Å². The first-order chi connectivity index (χ1) is 10.6. The lowest BCUT2D eigenvalue weighted by Gasteiger charge is -2.08. The van der Waals surface area contributed by atoms with E-state index in [0.717, 1.165) is 29.5 Å². The van der Waals surface area contributed by atoms with Gasteiger partial charge in [0.1, 0.15) is 5.82 Å². The van der Waals surface area contributed by atoms with Crippen LogP contribution in [0.1, 0.15) is 28.8 Å². The zero-order valence-corrected chi connectivity index (χ0v) is 14.0. The summed E-state index contributed by atoms with van der Waals surface area (Å²) in [6.45, 7) is 3.10.